The van der Waals surface area contributed by atoms with Crippen LogP contribution in [0.15, 0.2) is 22.7 Å². The average molecular weight is 406 g/mol. The minimum Gasteiger partial charge on any atom is -0.487 e. The van der Waals surface area contributed by atoms with E-state index in [4.69, 9.17) is 15.2 Å². The maximum absolute atomic E-state index is 11.8. The highest BCUT2D eigenvalue weighted by Gasteiger charge is 2.43. The number of carbonyl (C=O) groups excluding carboxylic acids is 1. The van der Waals surface area contributed by atoms with E-state index >= 15 is 0 Å². The molecule has 1 amide bonds. The zero-order valence-corrected chi connectivity index (χ0v) is 15.5. The molecule has 1 atom stereocenters. The van der Waals surface area contributed by atoms with Crippen molar-refractivity contribution in [3.05, 3.63) is 28.2 Å². The number of halogens is 2. The van der Waals surface area contributed by atoms with Crippen molar-refractivity contribution in [3.63, 3.8) is 0 Å². The largest absolute Gasteiger partial charge is 0.487 e. The summed E-state index contributed by atoms with van der Waals surface area (Å²) in [5.74, 6) is 0.867. The van der Waals surface area contributed by atoms with Crippen molar-refractivity contribution in [2.75, 3.05) is 19.7 Å². The highest BCUT2D eigenvalue weighted by atomic mass is 79.9. The van der Waals surface area contributed by atoms with Gasteiger partial charge in [0.15, 0.2) is 0 Å². The lowest BCUT2D eigenvalue weighted by Crippen LogP contribution is -2.52. The summed E-state index contributed by atoms with van der Waals surface area (Å²) in [6.07, 6.45) is 2.12. The number of fused-ring (bicyclic) bond motifs is 1. The number of piperidine rings is 1. The van der Waals surface area contributed by atoms with Gasteiger partial charge < -0.3 is 20.1 Å². The Bertz CT molecular complexity index is 576. The first kappa shape index (κ1) is 18.4. The van der Waals surface area contributed by atoms with Gasteiger partial charge in [0.1, 0.15) is 11.4 Å². The van der Waals surface area contributed by atoms with Crippen molar-refractivity contribution < 1.29 is 14.3 Å². The van der Waals surface area contributed by atoms with E-state index < -0.39 is 0 Å². The first-order chi connectivity index (χ1) is 10.5. The Balaban J connectivity index is 0.00000192. The van der Waals surface area contributed by atoms with Crippen molar-refractivity contribution >= 4 is 34.4 Å². The van der Waals surface area contributed by atoms with Gasteiger partial charge in [-0.2, -0.15) is 0 Å². The van der Waals surface area contributed by atoms with Gasteiger partial charge in [-0.3, -0.25) is 0 Å². The molecule has 1 saturated heterocycles. The van der Waals surface area contributed by atoms with Crippen molar-refractivity contribution in [1.82, 2.24) is 4.90 Å². The summed E-state index contributed by atoms with van der Waals surface area (Å²) in [7, 11) is 0. The Morgan fingerprint density at radius 1 is 1.48 bits per heavy atom. The Kier molecular flexibility index (Phi) is 5.81. The molecule has 1 aromatic carbocycles. The van der Waals surface area contributed by atoms with Crippen molar-refractivity contribution in [2.45, 2.75) is 37.8 Å². The van der Waals surface area contributed by atoms with Crippen LogP contribution in [-0.4, -0.2) is 36.3 Å². The first-order valence-electron chi connectivity index (χ1n) is 7.69. The second-order valence-corrected chi connectivity index (χ2v) is 6.88. The monoisotopic (exact) mass is 404 g/mol. The number of amides is 1. The fourth-order valence-corrected chi connectivity index (χ4v) is 3.68. The summed E-state index contributed by atoms with van der Waals surface area (Å²) >= 11 is 3.47. The molecule has 3 rings (SSSR count). The first-order valence-corrected chi connectivity index (χ1v) is 8.48. The quantitative estimate of drug-likeness (QED) is 0.774. The molecule has 0 unspecified atom stereocenters. The Hall–Kier alpha value is -0.980. The van der Waals surface area contributed by atoms with Crippen molar-refractivity contribution in [2.24, 2.45) is 5.73 Å². The molecule has 1 aromatic rings. The fraction of sp³-hybridized carbons (Fsp3) is 0.562. The maximum atomic E-state index is 11.8. The van der Waals surface area contributed by atoms with Gasteiger partial charge in [0, 0.05) is 48.4 Å². The third-order valence-corrected chi connectivity index (χ3v) is 4.98. The number of rotatable bonds is 1. The number of nitrogens with zero attached hydrogens (tertiary/aromatic N) is 1. The predicted octanol–water partition coefficient (Wildman–Crippen LogP) is 3.64. The van der Waals surface area contributed by atoms with E-state index in [0.717, 1.165) is 35.0 Å². The summed E-state index contributed by atoms with van der Waals surface area (Å²) in [6.45, 7) is 3.53. The van der Waals surface area contributed by atoms with Gasteiger partial charge in [0.2, 0.25) is 0 Å². The summed E-state index contributed by atoms with van der Waals surface area (Å²) in [6, 6.07) is 5.94. The Morgan fingerprint density at radius 2 is 2.17 bits per heavy atom. The number of hydrogen-bond acceptors (Lipinski definition) is 4. The lowest BCUT2D eigenvalue weighted by molar-refractivity contribution is -0.0205. The molecule has 0 aliphatic carbocycles. The molecule has 23 heavy (non-hydrogen) atoms. The number of hydrogen-bond donors (Lipinski definition) is 1. The van der Waals surface area contributed by atoms with Gasteiger partial charge in [0.25, 0.3) is 0 Å². The molecule has 0 bridgehead atoms. The van der Waals surface area contributed by atoms with Crippen LogP contribution in [0, 0.1) is 0 Å². The van der Waals surface area contributed by atoms with E-state index in [1.807, 2.05) is 25.1 Å². The molecular formula is C16H22BrClN2O3. The van der Waals surface area contributed by atoms with Crippen LogP contribution < -0.4 is 10.5 Å². The minimum atomic E-state index is -0.261. The van der Waals surface area contributed by atoms with Gasteiger partial charge in [-0.25, -0.2) is 4.79 Å². The summed E-state index contributed by atoms with van der Waals surface area (Å²) in [5, 5.41) is 0. The molecule has 0 aromatic heterocycles. The summed E-state index contributed by atoms with van der Waals surface area (Å²) in [5.41, 5.74) is 7.15. The second-order valence-electron chi connectivity index (χ2n) is 5.96. The van der Waals surface area contributed by atoms with Crippen LogP contribution in [0.3, 0.4) is 0 Å². The van der Waals surface area contributed by atoms with E-state index in [9.17, 15) is 4.79 Å². The van der Waals surface area contributed by atoms with Gasteiger partial charge in [0.05, 0.1) is 6.61 Å². The Morgan fingerprint density at radius 3 is 2.83 bits per heavy atom. The third-order valence-electron chi connectivity index (χ3n) is 4.49. The van der Waals surface area contributed by atoms with E-state index in [0.29, 0.717) is 19.7 Å². The highest BCUT2D eigenvalue weighted by molar-refractivity contribution is 9.10. The predicted molar refractivity (Wildman–Crippen MR) is 94.1 cm³/mol. The number of carbonyl (C=O) groups is 1. The van der Waals surface area contributed by atoms with Crippen LogP contribution in [0.4, 0.5) is 4.79 Å². The summed E-state index contributed by atoms with van der Waals surface area (Å²) in [4.78, 5) is 13.6. The van der Waals surface area contributed by atoms with Gasteiger partial charge in [-0.05, 0) is 25.1 Å². The lowest BCUT2D eigenvalue weighted by Gasteiger charge is -2.46. The molecule has 2 N–H and O–H groups in total. The van der Waals surface area contributed by atoms with Crippen LogP contribution in [-0.2, 0) is 4.74 Å². The van der Waals surface area contributed by atoms with Gasteiger partial charge in [-0.1, -0.05) is 15.9 Å². The minimum absolute atomic E-state index is 0. The van der Waals surface area contributed by atoms with Gasteiger partial charge >= 0.3 is 6.09 Å². The van der Waals surface area contributed by atoms with Crippen LogP contribution >= 0.6 is 28.3 Å². The zero-order valence-electron chi connectivity index (χ0n) is 13.1. The van der Waals surface area contributed by atoms with Crippen LogP contribution in [0.2, 0.25) is 0 Å². The lowest BCUT2D eigenvalue weighted by atomic mass is 9.81. The van der Waals surface area contributed by atoms with Gasteiger partial charge in [-0.15, -0.1) is 12.4 Å². The fourth-order valence-electron chi connectivity index (χ4n) is 3.31. The molecule has 2 heterocycles. The van der Waals surface area contributed by atoms with E-state index in [-0.39, 0.29) is 30.1 Å². The highest BCUT2D eigenvalue weighted by Crippen LogP contribution is 2.44. The molecule has 128 valence electrons. The molecule has 1 fully saturated rings. The average Bonchev–Trinajstić information content (AvgIpc) is 2.49. The van der Waals surface area contributed by atoms with Crippen LogP contribution in [0.1, 0.15) is 37.8 Å². The van der Waals surface area contributed by atoms with Crippen LogP contribution in [0.25, 0.3) is 0 Å². The number of nitrogens with two attached hydrogens (primary N) is 1. The van der Waals surface area contributed by atoms with E-state index in [2.05, 4.69) is 15.9 Å². The normalized spacial score (nSPS) is 21.9. The molecule has 2 aliphatic heterocycles. The van der Waals surface area contributed by atoms with Crippen molar-refractivity contribution in [3.8, 4) is 5.75 Å². The van der Waals surface area contributed by atoms with E-state index in [1.54, 1.807) is 4.90 Å². The second kappa shape index (κ2) is 7.28. The number of benzene rings is 1. The molecule has 7 heteroatoms. The standard InChI is InChI=1S/C16H21BrN2O3.ClH/c1-2-21-15(20)19-7-5-16(6-8-19)10-13(18)12-9-11(17)3-4-14(12)22-16;/h3-4,9,13H,2,5-8,10,18H2,1H3;1H/t13-;/m0./s1. The number of ether oxygens (including phenoxy) is 2. The molecule has 2 aliphatic rings. The third kappa shape index (κ3) is 3.75. The summed E-state index contributed by atoms with van der Waals surface area (Å²) < 4.78 is 12.4. The Labute approximate surface area is 151 Å². The molecule has 5 nitrogen and oxygen atoms in total. The van der Waals surface area contributed by atoms with Crippen molar-refractivity contribution in [1.29, 1.82) is 0 Å². The maximum Gasteiger partial charge on any atom is 0.409 e. The zero-order chi connectivity index (χ0) is 15.7. The molecular weight excluding hydrogens is 384 g/mol. The molecule has 0 radical (unpaired) electrons. The number of likely N-dealkylation sites (tertiary alicyclic amines) is 1. The molecule has 1 spiro atoms. The topological polar surface area (TPSA) is 64.8 Å². The SMILES string of the molecule is CCOC(=O)N1CCC2(CC1)C[C@H](N)c1cc(Br)ccc1O2.Cl. The molecule has 0 saturated carbocycles. The smallest absolute Gasteiger partial charge is 0.409 e. The van der Waals surface area contributed by atoms with Crippen LogP contribution in [0.5, 0.6) is 5.75 Å². The van der Waals surface area contributed by atoms with E-state index in [1.165, 1.54) is 0 Å².